The SMILES string of the molecule is Cc1cccc(CN(C(=O)CN(c2cccc(C)c2)S(=O)(=O)c2ccc(Cl)cc2)[C@H](Cc2ccccc2)C(=O)NCC(C)C)c1. The van der Waals surface area contributed by atoms with Crippen molar-refractivity contribution in [3.63, 3.8) is 0 Å². The molecule has 9 heteroatoms. The zero-order chi connectivity index (χ0) is 32.6. The third-order valence-corrected chi connectivity index (χ3v) is 9.40. The van der Waals surface area contributed by atoms with Crippen LogP contribution in [0.2, 0.25) is 5.02 Å². The summed E-state index contributed by atoms with van der Waals surface area (Å²) in [5.74, 6) is -0.596. The van der Waals surface area contributed by atoms with Crippen molar-refractivity contribution < 1.29 is 18.0 Å². The van der Waals surface area contributed by atoms with Crippen molar-refractivity contribution in [2.24, 2.45) is 5.92 Å². The number of nitrogens with zero attached hydrogens (tertiary/aromatic N) is 2. The molecule has 0 unspecified atom stereocenters. The van der Waals surface area contributed by atoms with Gasteiger partial charge in [-0.25, -0.2) is 8.42 Å². The summed E-state index contributed by atoms with van der Waals surface area (Å²) in [7, 11) is -4.20. The number of aryl methyl sites for hydroxylation is 2. The lowest BCUT2D eigenvalue weighted by Gasteiger charge is -2.34. The minimum absolute atomic E-state index is 0.00181. The molecule has 0 aliphatic rings. The molecule has 4 rings (SSSR count). The van der Waals surface area contributed by atoms with Crippen LogP contribution in [0.25, 0.3) is 0 Å². The summed E-state index contributed by atoms with van der Waals surface area (Å²) in [6.45, 7) is 7.88. The van der Waals surface area contributed by atoms with Crippen molar-refractivity contribution in [1.29, 1.82) is 0 Å². The Balaban J connectivity index is 1.80. The van der Waals surface area contributed by atoms with Crippen LogP contribution in [-0.4, -0.2) is 44.3 Å². The summed E-state index contributed by atoms with van der Waals surface area (Å²) < 4.78 is 29.4. The molecule has 0 radical (unpaired) electrons. The van der Waals surface area contributed by atoms with Gasteiger partial charge in [0.1, 0.15) is 12.6 Å². The van der Waals surface area contributed by atoms with Gasteiger partial charge in [-0.3, -0.25) is 13.9 Å². The quantitative estimate of drug-likeness (QED) is 0.178. The zero-order valence-corrected chi connectivity index (χ0v) is 27.7. The molecule has 0 aliphatic carbocycles. The van der Waals surface area contributed by atoms with Gasteiger partial charge in [-0.15, -0.1) is 0 Å². The number of rotatable bonds is 13. The fourth-order valence-electron chi connectivity index (χ4n) is 5.03. The lowest BCUT2D eigenvalue weighted by molar-refractivity contribution is -0.140. The lowest BCUT2D eigenvalue weighted by atomic mass is 10.0. The number of benzene rings is 4. The van der Waals surface area contributed by atoms with Gasteiger partial charge >= 0.3 is 0 Å². The first-order valence-corrected chi connectivity index (χ1v) is 16.8. The zero-order valence-electron chi connectivity index (χ0n) is 26.1. The van der Waals surface area contributed by atoms with E-state index < -0.39 is 28.5 Å². The van der Waals surface area contributed by atoms with Crippen molar-refractivity contribution in [1.82, 2.24) is 10.2 Å². The topological polar surface area (TPSA) is 86.8 Å². The predicted octanol–water partition coefficient (Wildman–Crippen LogP) is 6.56. The minimum atomic E-state index is -4.20. The van der Waals surface area contributed by atoms with Gasteiger partial charge in [0, 0.05) is 24.5 Å². The van der Waals surface area contributed by atoms with Gasteiger partial charge in [0.05, 0.1) is 10.6 Å². The summed E-state index contributed by atoms with van der Waals surface area (Å²) in [6, 6.07) is 29.2. The van der Waals surface area contributed by atoms with Crippen LogP contribution in [0.3, 0.4) is 0 Å². The van der Waals surface area contributed by atoms with Gasteiger partial charge in [-0.1, -0.05) is 97.7 Å². The summed E-state index contributed by atoms with van der Waals surface area (Å²) in [5.41, 5.74) is 3.91. The van der Waals surface area contributed by atoms with Crippen molar-refractivity contribution in [3.05, 3.63) is 130 Å². The highest BCUT2D eigenvalue weighted by atomic mass is 35.5. The highest BCUT2D eigenvalue weighted by Gasteiger charge is 2.34. The molecule has 45 heavy (non-hydrogen) atoms. The maximum absolute atomic E-state index is 14.5. The van der Waals surface area contributed by atoms with Crippen molar-refractivity contribution in [2.75, 3.05) is 17.4 Å². The van der Waals surface area contributed by atoms with Crippen LogP contribution in [0.15, 0.2) is 108 Å². The molecule has 0 saturated carbocycles. The first-order valence-electron chi connectivity index (χ1n) is 15.0. The summed E-state index contributed by atoms with van der Waals surface area (Å²) in [6.07, 6.45) is 0.261. The predicted molar refractivity (Wildman–Crippen MR) is 181 cm³/mol. The van der Waals surface area contributed by atoms with Gasteiger partial charge in [-0.2, -0.15) is 0 Å². The number of sulfonamides is 1. The van der Waals surface area contributed by atoms with Crippen LogP contribution in [0.5, 0.6) is 0 Å². The summed E-state index contributed by atoms with van der Waals surface area (Å²) >= 11 is 6.06. The van der Waals surface area contributed by atoms with Crippen molar-refractivity contribution >= 4 is 39.1 Å². The van der Waals surface area contributed by atoms with E-state index in [-0.39, 0.29) is 29.7 Å². The average molecular weight is 646 g/mol. The molecule has 4 aromatic rings. The Morgan fingerprint density at radius 3 is 2.04 bits per heavy atom. The Morgan fingerprint density at radius 2 is 1.42 bits per heavy atom. The summed E-state index contributed by atoms with van der Waals surface area (Å²) in [4.78, 5) is 29.9. The molecule has 0 aromatic heterocycles. The van der Waals surface area contributed by atoms with Gasteiger partial charge < -0.3 is 10.2 Å². The molecule has 7 nitrogen and oxygen atoms in total. The van der Waals surface area contributed by atoms with E-state index in [0.29, 0.717) is 17.3 Å². The molecular formula is C36H40ClN3O4S. The second-order valence-electron chi connectivity index (χ2n) is 11.7. The van der Waals surface area contributed by atoms with Crippen molar-refractivity contribution in [3.8, 4) is 0 Å². The van der Waals surface area contributed by atoms with Crippen LogP contribution < -0.4 is 9.62 Å². The van der Waals surface area contributed by atoms with Crippen LogP contribution in [0.4, 0.5) is 5.69 Å². The normalized spacial score (nSPS) is 12.0. The molecule has 1 N–H and O–H groups in total. The number of halogens is 1. The highest BCUT2D eigenvalue weighted by molar-refractivity contribution is 7.92. The number of amides is 2. The van der Waals surface area contributed by atoms with E-state index in [1.807, 2.05) is 88.4 Å². The van der Waals surface area contributed by atoms with E-state index in [1.54, 1.807) is 18.2 Å². The lowest BCUT2D eigenvalue weighted by Crippen LogP contribution is -2.53. The Labute approximate surface area is 271 Å². The molecule has 2 amide bonds. The van der Waals surface area contributed by atoms with E-state index >= 15 is 0 Å². The fourth-order valence-corrected chi connectivity index (χ4v) is 6.56. The molecule has 0 bridgehead atoms. The maximum Gasteiger partial charge on any atom is 0.264 e. The summed E-state index contributed by atoms with van der Waals surface area (Å²) in [5, 5.41) is 3.41. The van der Waals surface area contributed by atoms with Gasteiger partial charge in [0.15, 0.2) is 0 Å². The van der Waals surface area contributed by atoms with E-state index in [2.05, 4.69) is 5.32 Å². The third-order valence-electron chi connectivity index (χ3n) is 7.36. The highest BCUT2D eigenvalue weighted by Crippen LogP contribution is 2.27. The number of anilines is 1. The smallest absolute Gasteiger partial charge is 0.264 e. The average Bonchev–Trinajstić information content (AvgIpc) is 3.01. The second-order valence-corrected chi connectivity index (χ2v) is 14.0. The number of nitrogens with one attached hydrogen (secondary N) is 1. The standard InChI is InChI=1S/C36H40ClN3O4S/c1-26(2)23-38-36(42)34(22-29-12-6-5-7-13-29)39(24-30-14-8-10-27(3)20-30)35(41)25-40(32-15-9-11-28(4)21-32)45(43,44)33-18-16-31(37)17-19-33/h5-21,26,34H,22-25H2,1-4H3,(H,38,42)/t34-/m1/s1. The maximum atomic E-state index is 14.5. The largest absolute Gasteiger partial charge is 0.354 e. The second kappa shape index (κ2) is 15.2. The Hall–Kier alpha value is -4.14. The van der Waals surface area contributed by atoms with E-state index in [9.17, 15) is 18.0 Å². The first kappa shape index (κ1) is 33.7. The Morgan fingerprint density at radius 1 is 0.800 bits per heavy atom. The van der Waals surface area contributed by atoms with Crippen LogP contribution in [-0.2, 0) is 32.6 Å². The Kier molecular flexibility index (Phi) is 11.4. The molecule has 236 valence electrons. The molecule has 4 aromatic carbocycles. The van der Waals surface area contributed by atoms with Gasteiger partial charge in [-0.05, 0) is 72.9 Å². The molecule has 0 heterocycles. The Bertz CT molecular complexity index is 1710. The monoisotopic (exact) mass is 645 g/mol. The fraction of sp³-hybridized carbons (Fsp3) is 0.278. The molecular weight excluding hydrogens is 606 g/mol. The van der Waals surface area contributed by atoms with E-state index in [4.69, 9.17) is 11.6 Å². The van der Waals surface area contributed by atoms with E-state index in [0.717, 1.165) is 26.6 Å². The molecule has 0 aliphatic heterocycles. The third kappa shape index (κ3) is 9.19. The van der Waals surface area contributed by atoms with Crippen molar-refractivity contribution in [2.45, 2.75) is 51.6 Å². The minimum Gasteiger partial charge on any atom is -0.354 e. The molecule has 0 fully saturated rings. The van der Waals surface area contributed by atoms with E-state index in [1.165, 1.54) is 29.2 Å². The first-order chi connectivity index (χ1) is 21.4. The number of hydrogen-bond donors (Lipinski definition) is 1. The molecule has 1 atom stereocenters. The van der Waals surface area contributed by atoms with Gasteiger partial charge in [0.2, 0.25) is 11.8 Å². The number of hydrogen-bond acceptors (Lipinski definition) is 4. The number of carbonyl (C=O) groups excluding carboxylic acids is 2. The molecule has 0 spiro atoms. The van der Waals surface area contributed by atoms with Crippen LogP contribution in [0, 0.1) is 19.8 Å². The van der Waals surface area contributed by atoms with Crippen LogP contribution in [0.1, 0.15) is 36.1 Å². The van der Waals surface area contributed by atoms with Gasteiger partial charge in [0.25, 0.3) is 10.0 Å². The van der Waals surface area contributed by atoms with Crippen LogP contribution >= 0.6 is 11.6 Å². The molecule has 0 saturated heterocycles. The number of carbonyl (C=O) groups is 2.